The average molecular weight is 976 g/mol. The summed E-state index contributed by atoms with van der Waals surface area (Å²) in [5, 5.41) is 88.4. The summed E-state index contributed by atoms with van der Waals surface area (Å²) in [4.78, 5) is 101. The van der Waals surface area contributed by atoms with E-state index >= 15 is 0 Å². The molecule has 4 rings (SSSR count). The maximum Gasteiger partial charge on any atom is 0.446 e. The van der Waals surface area contributed by atoms with Gasteiger partial charge in [0.2, 0.25) is 41.4 Å². The van der Waals surface area contributed by atoms with Gasteiger partial charge in [-0.25, -0.2) is 0 Å². The molecule has 376 valence electrons. The van der Waals surface area contributed by atoms with Gasteiger partial charge in [0.15, 0.2) is 11.5 Å². The lowest BCUT2D eigenvalue weighted by molar-refractivity contribution is -0.147. The van der Waals surface area contributed by atoms with Crippen molar-refractivity contribution in [1.82, 2.24) is 41.3 Å². The fourth-order valence-corrected chi connectivity index (χ4v) is 8.21. The lowest BCUT2D eigenvalue weighted by atomic mass is 9.98. The van der Waals surface area contributed by atoms with Gasteiger partial charge in [-0.1, -0.05) is 13.0 Å². The minimum absolute atomic E-state index is 0.0878. The van der Waals surface area contributed by atoms with Crippen molar-refractivity contribution in [1.29, 1.82) is 0 Å². The Bertz CT molecular complexity index is 2100. The van der Waals surface area contributed by atoms with Crippen molar-refractivity contribution in [2.45, 2.75) is 112 Å². The molecule has 1 aromatic rings. The quantitative estimate of drug-likeness (QED) is 0.0865. The molecule has 0 aromatic heterocycles. The predicted octanol–water partition coefficient (Wildman–Crippen LogP) is -7.88. The number of carbonyl (C=O) groups is 7. The lowest BCUT2D eigenvalue weighted by Crippen LogP contribution is -2.64. The van der Waals surface area contributed by atoms with Crippen LogP contribution >= 0.6 is 0 Å². The highest BCUT2D eigenvalue weighted by atomic mass is 32.3. The van der Waals surface area contributed by atoms with E-state index in [0.29, 0.717) is 6.54 Å². The van der Waals surface area contributed by atoms with E-state index in [1.165, 1.54) is 6.92 Å². The fourth-order valence-electron chi connectivity index (χ4n) is 7.85. The molecule has 0 radical (unpaired) electrons. The number of benzene rings is 1. The molecule has 3 aliphatic rings. The van der Waals surface area contributed by atoms with Crippen LogP contribution in [0.3, 0.4) is 0 Å². The number of nitrogens with zero attached hydrogens (tertiary/aromatic N) is 3. The molecule has 7 amide bonds. The maximum absolute atomic E-state index is 14.6. The number of nitrogens with one attached hydrogen (secondary N) is 5. The molecule has 67 heavy (non-hydrogen) atoms. The number of hydrogen-bond acceptors (Lipinski definition) is 19. The number of aliphatic hydroxyl groups excluding tert-OH is 6. The van der Waals surface area contributed by atoms with Gasteiger partial charge < -0.3 is 86.9 Å². The summed E-state index contributed by atoms with van der Waals surface area (Å²) in [7, 11) is -1.75. The number of fused-ring (bicyclic) bond motifs is 2. The first kappa shape index (κ1) is 54.3. The van der Waals surface area contributed by atoms with Crippen molar-refractivity contribution in [3.63, 3.8) is 0 Å². The highest BCUT2D eigenvalue weighted by molar-refractivity contribution is 7.81. The van der Waals surface area contributed by atoms with E-state index in [1.807, 2.05) is 0 Å². The summed E-state index contributed by atoms with van der Waals surface area (Å²) < 4.78 is 36.5. The van der Waals surface area contributed by atoms with Crippen molar-refractivity contribution in [2.75, 3.05) is 46.8 Å². The molecule has 3 fully saturated rings. The van der Waals surface area contributed by atoms with Crippen LogP contribution in [0.25, 0.3) is 0 Å². The largest absolute Gasteiger partial charge is 0.504 e. The van der Waals surface area contributed by atoms with Crippen LogP contribution < -0.4 is 36.5 Å². The Hall–Kier alpha value is -5.30. The average Bonchev–Trinajstić information content (AvgIpc) is 3.77. The van der Waals surface area contributed by atoms with Crippen LogP contribution in [0.15, 0.2) is 18.2 Å². The van der Waals surface area contributed by atoms with E-state index < -0.39 is 181 Å². The Balaban J connectivity index is 1.84. The summed E-state index contributed by atoms with van der Waals surface area (Å²) in [6.07, 6.45) is -13.0. The Morgan fingerprint density at radius 1 is 0.881 bits per heavy atom. The normalized spacial score (nSPS) is 29.9. The summed E-state index contributed by atoms with van der Waals surface area (Å²) in [6.45, 7) is 1.53. The topological polar surface area (TPSA) is 421 Å². The Morgan fingerprint density at radius 3 is 2.13 bits per heavy atom. The summed E-state index contributed by atoms with van der Waals surface area (Å²) in [6, 6.07) is -8.33. The van der Waals surface area contributed by atoms with Gasteiger partial charge in [-0.05, 0) is 45.1 Å². The number of phenolic OH excluding ortho intramolecular Hbond substituents is 1. The molecule has 27 nitrogen and oxygen atoms in total. The monoisotopic (exact) mass is 975 g/mol. The number of aliphatic hydroxyl groups is 6. The first-order chi connectivity index (χ1) is 31.2. The Kier molecular flexibility index (Phi) is 18.8. The number of hydrogen-bond donors (Lipinski definition) is 14. The zero-order chi connectivity index (χ0) is 50.2. The van der Waals surface area contributed by atoms with Crippen molar-refractivity contribution in [2.24, 2.45) is 11.7 Å². The van der Waals surface area contributed by atoms with Gasteiger partial charge in [0.25, 0.3) is 0 Å². The third-order valence-corrected chi connectivity index (χ3v) is 11.8. The molecule has 1 unspecified atom stereocenters. The first-order valence-electron chi connectivity index (χ1n) is 21.2. The van der Waals surface area contributed by atoms with Crippen molar-refractivity contribution < 1.29 is 86.5 Å². The third-order valence-electron chi connectivity index (χ3n) is 11.4. The molecular formula is C39H61N9O18S. The number of nitrogens with two attached hydrogens (primary N) is 1. The molecule has 0 spiro atoms. The second kappa shape index (κ2) is 23.1. The molecule has 28 heteroatoms. The van der Waals surface area contributed by atoms with Gasteiger partial charge in [-0.2, -0.15) is 8.42 Å². The van der Waals surface area contributed by atoms with Crippen LogP contribution in [0.2, 0.25) is 0 Å². The van der Waals surface area contributed by atoms with Crippen molar-refractivity contribution in [3.8, 4) is 11.5 Å². The molecule has 1 aromatic carbocycles. The van der Waals surface area contributed by atoms with Gasteiger partial charge in [-0.15, -0.1) is 0 Å². The number of aromatic hydroxyl groups is 1. The summed E-state index contributed by atoms with van der Waals surface area (Å²) >= 11 is 0. The number of likely N-dealkylation sites (N-methyl/N-ethyl adjacent to an activating group) is 1. The fraction of sp³-hybridized carbons (Fsp3) is 0.667. The first-order valence-corrected chi connectivity index (χ1v) is 22.6. The van der Waals surface area contributed by atoms with Crippen molar-refractivity contribution >= 4 is 51.7 Å². The van der Waals surface area contributed by atoms with Gasteiger partial charge in [0, 0.05) is 51.5 Å². The van der Waals surface area contributed by atoms with Crippen LogP contribution in [-0.4, -0.2) is 224 Å². The molecule has 3 saturated heterocycles. The van der Waals surface area contributed by atoms with E-state index in [4.69, 9.17) is 5.73 Å². The van der Waals surface area contributed by atoms with Crippen LogP contribution in [0.4, 0.5) is 0 Å². The zero-order valence-corrected chi connectivity index (χ0v) is 37.9. The maximum atomic E-state index is 14.6. The Labute approximate surface area is 384 Å². The second-order valence-corrected chi connectivity index (χ2v) is 18.3. The predicted molar refractivity (Wildman–Crippen MR) is 228 cm³/mol. The zero-order valence-electron chi connectivity index (χ0n) is 37.1. The minimum atomic E-state index is -5.20. The smallest absolute Gasteiger partial charge is 0.446 e. The van der Waals surface area contributed by atoms with E-state index in [9.17, 15) is 82.3 Å². The Morgan fingerprint density at radius 2 is 1.51 bits per heavy atom. The molecule has 3 aliphatic heterocycles. The van der Waals surface area contributed by atoms with E-state index in [-0.39, 0.29) is 18.7 Å². The SMILES string of the molecule is C[C@@H](O)C1NC(=O)[C@@H](N)C[C@@H](O)CNC(=O)[C@@H]2[C@@H](O)[C@@H](C)CN2C(=O)[C@H]([C@H](O)CC(=O)NCCN(C)C)NC(=O)[C@H]([C@H](O)Cc2ccc(O)c(OS(=O)(=O)O)c2)NC(=O)[C@@H]2C[C@@H](O)CN2C1=O. The van der Waals surface area contributed by atoms with Crippen LogP contribution in [0.1, 0.15) is 38.7 Å². The minimum Gasteiger partial charge on any atom is -0.504 e. The summed E-state index contributed by atoms with van der Waals surface area (Å²) in [5.41, 5.74) is 5.92. The van der Waals surface area contributed by atoms with E-state index in [1.54, 1.807) is 19.0 Å². The number of carbonyl (C=O) groups excluding carboxylic acids is 7. The second-order valence-electron chi connectivity index (χ2n) is 17.2. The molecule has 0 aliphatic carbocycles. The molecule has 0 bridgehead atoms. The summed E-state index contributed by atoms with van der Waals surface area (Å²) in [5.74, 6) is -10.4. The third kappa shape index (κ3) is 14.6. The molecule has 15 N–H and O–H groups in total. The van der Waals surface area contributed by atoms with E-state index in [2.05, 4.69) is 30.8 Å². The highest BCUT2D eigenvalue weighted by Gasteiger charge is 2.50. The lowest BCUT2D eigenvalue weighted by Gasteiger charge is -2.34. The van der Waals surface area contributed by atoms with Crippen LogP contribution in [0, 0.1) is 5.92 Å². The van der Waals surface area contributed by atoms with Crippen molar-refractivity contribution in [3.05, 3.63) is 23.8 Å². The molecule has 0 saturated carbocycles. The molecule has 3 heterocycles. The molecular weight excluding hydrogens is 915 g/mol. The van der Waals surface area contributed by atoms with Crippen LogP contribution in [-0.2, 0) is 50.4 Å². The van der Waals surface area contributed by atoms with Crippen LogP contribution in [0.5, 0.6) is 11.5 Å². The highest BCUT2D eigenvalue weighted by Crippen LogP contribution is 2.30. The molecule has 13 atom stereocenters. The number of rotatable bonds is 12. The number of phenols is 1. The van der Waals surface area contributed by atoms with Gasteiger partial charge in [-0.3, -0.25) is 38.1 Å². The number of amides is 7. The van der Waals surface area contributed by atoms with E-state index in [0.717, 1.165) is 34.9 Å². The van der Waals surface area contributed by atoms with Gasteiger partial charge >= 0.3 is 10.4 Å². The number of β-amino-alcohol motifs (C(OH)–C–C–N with tert-alkyl or cyclic N) is 1. The standard InChI is InChI=1S/C39H61N9O18S/c1-17-15-48-32(33(17)56)37(60)42-14-20(50)11-22(40)34(57)43-29(18(2)49)38(61)47-16-21(51)12-23(47)35(58)44-30(25(53)9-19-5-6-24(52)27(10-19)66-67(63,64)65)36(59)45-31(39(48)62)26(54)13-28(55)41-7-8-46(3)4/h5-6,10,17-18,20-23,25-26,29-33,49-54,56H,7-9,11-16,40H2,1-4H3,(H,41,55)(H,42,60)(H,43,57)(H,44,58)(H,45,59)(H,63,64,65)/t17-,18+,20+,21+,22-,23-,25+,26+,29?,30-,31-,32-,33-/m0/s1. The van der Waals surface area contributed by atoms with Gasteiger partial charge in [0.1, 0.15) is 30.2 Å². The van der Waals surface area contributed by atoms with Gasteiger partial charge in [0.05, 0.1) is 49.1 Å².